The van der Waals surface area contributed by atoms with Gasteiger partial charge in [-0.1, -0.05) is 6.92 Å². The van der Waals surface area contributed by atoms with E-state index in [1.54, 1.807) is 4.90 Å². The molecule has 1 aliphatic rings. The molecule has 1 aliphatic heterocycles. The first-order chi connectivity index (χ1) is 12.6. The average molecular weight is 358 g/mol. The first kappa shape index (κ1) is 18.5. The summed E-state index contributed by atoms with van der Waals surface area (Å²) in [5, 5.41) is 0.895. The van der Waals surface area contributed by atoms with Crippen LogP contribution in [0.2, 0.25) is 0 Å². The molecule has 1 amide bonds. The number of hydrogen-bond donors (Lipinski definition) is 1. The lowest BCUT2D eigenvalue weighted by atomic mass is 10.1. The fraction of sp³-hybridized carbons (Fsp3) is 0.500. The van der Waals surface area contributed by atoms with E-state index in [1.807, 2.05) is 38.1 Å². The molecular formula is C20H26N2O4. The number of H-pyrrole nitrogens is 1. The molecule has 0 aliphatic carbocycles. The van der Waals surface area contributed by atoms with Gasteiger partial charge in [0.2, 0.25) is 5.91 Å². The fourth-order valence-corrected chi connectivity index (χ4v) is 3.32. The summed E-state index contributed by atoms with van der Waals surface area (Å²) >= 11 is 0. The Labute approximate surface area is 153 Å². The molecule has 0 unspecified atom stereocenters. The van der Waals surface area contributed by atoms with Crippen molar-refractivity contribution in [2.45, 2.75) is 45.8 Å². The van der Waals surface area contributed by atoms with E-state index in [4.69, 9.17) is 9.47 Å². The Hall–Kier alpha value is -2.34. The van der Waals surface area contributed by atoms with Crippen LogP contribution >= 0.6 is 0 Å². The highest BCUT2D eigenvalue weighted by atomic mass is 16.5. The maximum absolute atomic E-state index is 12.5. The van der Waals surface area contributed by atoms with Crippen molar-refractivity contribution in [1.82, 2.24) is 9.88 Å². The normalized spacial score (nSPS) is 16.8. The van der Waals surface area contributed by atoms with E-state index in [-0.39, 0.29) is 24.1 Å². The Bertz CT molecular complexity index is 824. The second-order valence-corrected chi connectivity index (χ2v) is 6.57. The van der Waals surface area contributed by atoms with Crippen LogP contribution in [-0.4, -0.2) is 41.7 Å². The number of rotatable bonds is 7. The van der Waals surface area contributed by atoms with E-state index in [2.05, 4.69) is 4.98 Å². The van der Waals surface area contributed by atoms with Crippen LogP contribution in [0.5, 0.6) is 5.75 Å². The molecule has 0 spiro atoms. The van der Waals surface area contributed by atoms with Crippen molar-refractivity contribution >= 4 is 16.8 Å². The standard InChI is InChI=1S/C20H26N2O4/c1-3-19(23)22(13-17-6-5-9-26-17)12-15-10-14-11-16(25-4-2)7-8-18(14)21-20(15)24/h7-8,10-11,17H,3-6,9,12-13H2,1-2H3,(H,21,24)/t17-/m1/s1. The van der Waals surface area contributed by atoms with Crippen LogP contribution in [0.3, 0.4) is 0 Å². The van der Waals surface area contributed by atoms with Gasteiger partial charge in [-0.15, -0.1) is 0 Å². The Kier molecular flexibility index (Phi) is 5.93. The Morgan fingerprint density at radius 1 is 1.35 bits per heavy atom. The molecule has 6 heteroatoms. The van der Waals surface area contributed by atoms with Crippen LogP contribution in [-0.2, 0) is 16.1 Å². The fourth-order valence-electron chi connectivity index (χ4n) is 3.32. The van der Waals surface area contributed by atoms with Gasteiger partial charge in [0, 0.05) is 36.0 Å². The van der Waals surface area contributed by atoms with Crippen molar-refractivity contribution in [3.05, 3.63) is 40.2 Å². The number of nitrogens with zero attached hydrogens (tertiary/aromatic N) is 1. The summed E-state index contributed by atoms with van der Waals surface area (Å²) in [4.78, 5) is 29.5. The number of carbonyl (C=O) groups is 1. The highest BCUT2D eigenvalue weighted by Gasteiger charge is 2.22. The average Bonchev–Trinajstić information content (AvgIpc) is 3.14. The number of nitrogens with one attached hydrogen (secondary N) is 1. The van der Waals surface area contributed by atoms with E-state index < -0.39 is 0 Å². The first-order valence-electron chi connectivity index (χ1n) is 9.28. The van der Waals surface area contributed by atoms with Crippen molar-refractivity contribution in [2.24, 2.45) is 0 Å². The van der Waals surface area contributed by atoms with E-state index in [0.29, 0.717) is 25.1 Å². The van der Waals surface area contributed by atoms with Crippen molar-refractivity contribution in [3.8, 4) is 5.75 Å². The van der Waals surface area contributed by atoms with E-state index in [9.17, 15) is 9.59 Å². The van der Waals surface area contributed by atoms with Crippen molar-refractivity contribution < 1.29 is 14.3 Å². The second kappa shape index (κ2) is 8.36. The molecule has 2 aromatic rings. The number of benzene rings is 1. The highest BCUT2D eigenvalue weighted by Crippen LogP contribution is 2.20. The van der Waals surface area contributed by atoms with Gasteiger partial charge in [-0.2, -0.15) is 0 Å². The molecule has 140 valence electrons. The molecule has 3 rings (SSSR count). The predicted molar refractivity (Wildman–Crippen MR) is 100 cm³/mol. The summed E-state index contributed by atoms with van der Waals surface area (Å²) in [6.45, 7) is 5.92. The lowest BCUT2D eigenvalue weighted by molar-refractivity contribution is -0.133. The van der Waals surface area contributed by atoms with Crippen molar-refractivity contribution in [3.63, 3.8) is 0 Å². The zero-order valence-electron chi connectivity index (χ0n) is 15.4. The second-order valence-electron chi connectivity index (χ2n) is 6.57. The van der Waals surface area contributed by atoms with Crippen LogP contribution in [0.15, 0.2) is 29.1 Å². The Morgan fingerprint density at radius 2 is 2.19 bits per heavy atom. The summed E-state index contributed by atoms with van der Waals surface area (Å²) in [5.74, 6) is 0.793. The third kappa shape index (κ3) is 4.25. The number of ether oxygens (including phenoxy) is 2. The van der Waals surface area contributed by atoms with Gasteiger partial charge in [0.25, 0.3) is 5.56 Å². The quantitative estimate of drug-likeness (QED) is 0.826. The van der Waals surface area contributed by atoms with Crippen LogP contribution < -0.4 is 10.3 Å². The highest BCUT2D eigenvalue weighted by molar-refractivity contribution is 5.81. The van der Waals surface area contributed by atoms with Gasteiger partial charge in [0.1, 0.15) is 5.75 Å². The van der Waals surface area contributed by atoms with Gasteiger partial charge < -0.3 is 19.4 Å². The van der Waals surface area contributed by atoms with Gasteiger partial charge in [0.05, 0.1) is 19.3 Å². The molecule has 1 fully saturated rings. The molecule has 1 atom stereocenters. The molecule has 1 aromatic carbocycles. The smallest absolute Gasteiger partial charge is 0.253 e. The molecule has 6 nitrogen and oxygen atoms in total. The largest absolute Gasteiger partial charge is 0.494 e. The lowest BCUT2D eigenvalue weighted by Crippen LogP contribution is -2.37. The SMILES string of the molecule is CCOc1ccc2[nH]c(=O)c(CN(C[C@H]3CCCO3)C(=O)CC)cc2c1. The minimum atomic E-state index is -0.164. The minimum Gasteiger partial charge on any atom is -0.494 e. The monoisotopic (exact) mass is 358 g/mol. The van der Waals surface area contributed by atoms with Crippen LogP contribution in [0.25, 0.3) is 10.9 Å². The molecule has 0 radical (unpaired) electrons. The number of pyridine rings is 1. The maximum Gasteiger partial charge on any atom is 0.253 e. The van der Waals surface area contributed by atoms with Crippen LogP contribution in [0.1, 0.15) is 38.7 Å². The molecule has 2 heterocycles. The van der Waals surface area contributed by atoms with Crippen molar-refractivity contribution in [2.75, 3.05) is 19.8 Å². The van der Waals surface area contributed by atoms with E-state index in [1.165, 1.54) is 0 Å². The summed E-state index contributed by atoms with van der Waals surface area (Å²) in [6, 6.07) is 7.44. The maximum atomic E-state index is 12.5. The topological polar surface area (TPSA) is 71.6 Å². The first-order valence-corrected chi connectivity index (χ1v) is 9.28. The van der Waals surface area contributed by atoms with Crippen LogP contribution in [0.4, 0.5) is 0 Å². The molecule has 26 heavy (non-hydrogen) atoms. The van der Waals surface area contributed by atoms with E-state index in [0.717, 1.165) is 36.1 Å². The minimum absolute atomic E-state index is 0.0306. The molecule has 0 bridgehead atoms. The third-order valence-electron chi connectivity index (χ3n) is 4.67. The Balaban J connectivity index is 1.87. The number of amides is 1. The zero-order valence-corrected chi connectivity index (χ0v) is 15.4. The van der Waals surface area contributed by atoms with Crippen molar-refractivity contribution in [1.29, 1.82) is 0 Å². The molecule has 1 aromatic heterocycles. The predicted octanol–water partition coefficient (Wildman–Crippen LogP) is 2.84. The molecule has 1 saturated heterocycles. The number of aromatic nitrogens is 1. The molecule has 1 N–H and O–H groups in total. The number of hydrogen-bond acceptors (Lipinski definition) is 4. The molecular weight excluding hydrogens is 332 g/mol. The number of fused-ring (bicyclic) bond motifs is 1. The number of aromatic amines is 1. The van der Waals surface area contributed by atoms with Gasteiger partial charge in [0.15, 0.2) is 0 Å². The van der Waals surface area contributed by atoms with Crippen LogP contribution in [0, 0.1) is 0 Å². The summed E-state index contributed by atoms with van der Waals surface area (Å²) in [6.07, 6.45) is 2.45. The third-order valence-corrected chi connectivity index (χ3v) is 4.67. The zero-order chi connectivity index (χ0) is 18.5. The van der Waals surface area contributed by atoms with Gasteiger partial charge in [-0.25, -0.2) is 0 Å². The van der Waals surface area contributed by atoms with Gasteiger partial charge in [-0.3, -0.25) is 9.59 Å². The van der Waals surface area contributed by atoms with E-state index >= 15 is 0 Å². The summed E-state index contributed by atoms with van der Waals surface area (Å²) in [7, 11) is 0. The Morgan fingerprint density at radius 3 is 2.88 bits per heavy atom. The molecule has 0 saturated carbocycles. The lowest BCUT2D eigenvalue weighted by Gasteiger charge is -2.25. The number of carbonyl (C=O) groups excluding carboxylic acids is 1. The summed E-state index contributed by atoms with van der Waals surface area (Å²) in [5.41, 5.74) is 1.17. The van der Waals surface area contributed by atoms with Gasteiger partial charge >= 0.3 is 0 Å². The van der Waals surface area contributed by atoms with Gasteiger partial charge in [-0.05, 0) is 44.0 Å². The summed E-state index contributed by atoms with van der Waals surface area (Å²) < 4.78 is 11.2.